The van der Waals surface area contributed by atoms with E-state index in [1.807, 2.05) is 0 Å². The second-order valence-electron chi connectivity index (χ2n) is 6.52. The number of fused-ring (bicyclic) bond motifs is 2. The fourth-order valence-corrected chi connectivity index (χ4v) is 3.11. The third kappa shape index (κ3) is 3.36. The van der Waals surface area contributed by atoms with Gasteiger partial charge in [-0.1, -0.05) is 0 Å². The van der Waals surface area contributed by atoms with Crippen molar-refractivity contribution in [2.75, 3.05) is 6.61 Å². The smallest absolute Gasteiger partial charge is 0.336 e. The van der Waals surface area contributed by atoms with E-state index in [1.165, 1.54) is 10.6 Å². The number of aryl methyl sites for hydroxylation is 2. The zero-order chi connectivity index (χ0) is 19.7. The molecule has 0 saturated carbocycles. The van der Waals surface area contributed by atoms with Gasteiger partial charge in [0.15, 0.2) is 0 Å². The van der Waals surface area contributed by atoms with E-state index < -0.39 is 11.3 Å². The Morgan fingerprint density at radius 2 is 1.89 bits per heavy atom. The van der Waals surface area contributed by atoms with Gasteiger partial charge in [-0.2, -0.15) is 0 Å². The van der Waals surface area contributed by atoms with Gasteiger partial charge in [0.2, 0.25) is 0 Å². The molecule has 4 aromatic rings. The minimum Gasteiger partial charge on any atom is -0.492 e. The summed E-state index contributed by atoms with van der Waals surface area (Å²) in [6, 6.07) is 6.50. The summed E-state index contributed by atoms with van der Waals surface area (Å²) in [6.45, 7) is 2.55. The van der Waals surface area contributed by atoms with Gasteiger partial charge in [0, 0.05) is 30.4 Å². The van der Waals surface area contributed by atoms with Crippen LogP contribution in [-0.4, -0.2) is 16.2 Å². The van der Waals surface area contributed by atoms with E-state index in [0.717, 1.165) is 5.39 Å². The molecule has 0 aliphatic heterocycles. The van der Waals surface area contributed by atoms with Crippen LogP contribution in [0.5, 0.6) is 5.75 Å². The topological polar surface area (TPSA) is 107 Å². The number of unbranched alkanes of at least 4 members (excludes halogenated alkanes) is 1. The van der Waals surface area contributed by atoms with Crippen LogP contribution in [0.3, 0.4) is 0 Å². The van der Waals surface area contributed by atoms with Crippen molar-refractivity contribution >= 4 is 21.9 Å². The number of aromatic nitrogens is 2. The van der Waals surface area contributed by atoms with Crippen LogP contribution in [0.1, 0.15) is 18.4 Å². The van der Waals surface area contributed by atoms with Crippen LogP contribution in [0, 0.1) is 6.92 Å². The van der Waals surface area contributed by atoms with E-state index in [-0.39, 0.29) is 5.56 Å². The number of ether oxygens (including phenoxy) is 1. The van der Waals surface area contributed by atoms with Crippen LogP contribution in [0.2, 0.25) is 0 Å². The third-order valence-corrected chi connectivity index (χ3v) is 4.54. The van der Waals surface area contributed by atoms with Crippen LogP contribution in [0.15, 0.2) is 59.9 Å². The number of nitrogens with one attached hydrogen (secondary N) is 1. The van der Waals surface area contributed by atoms with Crippen LogP contribution in [-0.2, 0) is 6.54 Å². The number of furan rings is 1. The Bertz CT molecular complexity index is 1320. The molecule has 3 aromatic heterocycles. The number of H-pyrrole nitrogens is 1. The summed E-state index contributed by atoms with van der Waals surface area (Å²) in [7, 11) is 0. The van der Waals surface area contributed by atoms with E-state index in [0.29, 0.717) is 53.9 Å². The van der Waals surface area contributed by atoms with E-state index >= 15 is 0 Å². The Balaban J connectivity index is 1.48. The summed E-state index contributed by atoms with van der Waals surface area (Å²) in [4.78, 5) is 37.0. The number of hydrogen-bond acceptors (Lipinski definition) is 6. The predicted octanol–water partition coefficient (Wildman–Crippen LogP) is 2.56. The molecule has 8 heteroatoms. The zero-order valence-electron chi connectivity index (χ0n) is 15.2. The van der Waals surface area contributed by atoms with Crippen molar-refractivity contribution in [1.29, 1.82) is 0 Å². The average molecular weight is 382 g/mol. The predicted molar refractivity (Wildman–Crippen MR) is 103 cm³/mol. The molecule has 144 valence electrons. The summed E-state index contributed by atoms with van der Waals surface area (Å²) >= 11 is 0. The Morgan fingerprint density at radius 1 is 1.07 bits per heavy atom. The Hall–Kier alpha value is -3.55. The maximum absolute atomic E-state index is 11.8. The molecule has 28 heavy (non-hydrogen) atoms. The van der Waals surface area contributed by atoms with Gasteiger partial charge in [0.25, 0.3) is 5.56 Å². The lowest BCUT2D eigenvalue weighted by atomic mass is 10.1. The molecule has 0 saturated heterocycles. The second kappa shape index (κ2) is 7.22. The fourth-order valence-electron chi connectivity index (χ4n) is 3.11. The first kappa shape index (κ1) is 17.8. The Morgan fingerprint density at radius 3 is 2.75 bits per heavy atom. The molecular weight excluding hydrogens is 364 g/mol. The number of nitrogens with zero attached hydrogens (tertiary/aromatic N) is 1. The quantitative estimate of drug-likeness (QED) is 0.406. The molecule has 0 spiro atoms. The first-order valence-corrected chi connectivity index (χ1v) is 8.90. The van der Waals surface area contributed by atoms with E-state index in [1.54, 1.807) is 37.6 Å². The number of rotatable bonds is 6. The summed E-state index contributed by atoms with van der Waals surface area (Å²) in [5.74, 6) is 0.599. The third-order valence-electron chi connectivity index (χ3n) is 4.54. The van der Waals surface area contributed by atoms with Crippen molar-refractivity contribution in [2.45, 2.75) is 26.3 Å². The van der Waals surface area contributed by atoms with Gasteiger partial charge in [-0.05, 0) is 31.9 Å². The van der Waals surface area contributed by atoms with Crippen LogP contribution < -0.4 is 21.6 Å². The molecule has 4 rings (SSSR count). The SMILES string of the molecule is Cc1cn(CCCCOc2c3ccoc3cc3oc(=O)ccc23)c(=O)[nH]c1=O. The molecule has 0 aliphatic carbocycles. The highest BCUT2D eigenvalue weighted by molar-refractivity contribution is 6.01. The number of benzene rings is 1. The molecule has 1 N–H and O–H groups in total. The summed E-state index contributed by atoms with van der Waals surface area (Å²) in [6.07, 6.45) is 4.50. The van der Waals surface area contributed by atoms with Gasteiger partial charge >= 0.3 is 11.3 Å². The summed E-state index contributed by atoms with van der Waals surface area (Å²) in [5, 5.41) is 1.50. The van der Waals surface area contributed by atoms with E-state index in [4.69, 9.17) is 13.6 Å². The molecule has 0 amide bonds. The maximum atomic E-state index is 11.8. The van der Waals surface area contributed by atoms with Gasteiger partial charge < -0.3 is 18.1 Å². The van der Waals surface area contributed by atoms with Crippen LogP contribution in [0.25, 0.3) is 21.9 Å². The van der Waals surface area contributed by atoms with E-state index in [9.17, 15) is 14.4 Å². The van der Waals surface area contributed by atoms with Gasteiger partial charge in [-0.25, -0.2) is 9.59 Å². The maximum Gasteiger partial charge on any atom is 0.336 e. The van der Waals surface area contributed by atoms with Gasteiger partial charge in [0.1, 0.15) is 16.9 Å². The highest BCUT2D eigenvalue weighted by atomic mass is 16.5. The van der Waals surface area contributed by atoms with Crippen molar-refractivity contribution in [1.82, 2.24) is 9.55 Å². The molecule has 0 unspecified atom stereocenters. The minimum atomic E-state index is -0.439. The van der Waals surface area contributed by atoms with Crippen LogP contribution >= 0.6 is 0 Å². The van der Waals surface area contributed by atoms with Crippen LogP contribution in [0.4, 0.5) is 0 Å². The molecule has 1 aromatic carbocycles. The number of aromatic amines is 1. The molecular formula is C20H18N2O6. The monoisotopic (exact) mass is 382 g/mol. The lowest BCUT2D eigenvalue weighted by Gasteiger charge is -2.10. The van der Waals surface area contributed by atoms with Crippen molar-refractivity contribution in [3.8, 4) is 5.75 Å². The molecule has 3 heterocycles. The lowest BCUT2D eigenvalue weighted by Crippen LogP contribution is -2.30. The second-order valence-corrected chi connectivity index (χ2v) is 6.52. The Kier molecular flexibility index (Phi) is 4.60. The highest BCUT2D eigenvalue weighted by Gasteiger charge is 2.13. The fraction of sp³-hybridized carbons (Fsp3) is 0.250. The molecule has 0 bridgehead atoms. The zero-order valence-corrected chi connectivity index (χ0v) is 15.2. The standard InChI is InChI=1S/C20H18N2O6/c1-12-11-22(20(25)21-19(12)24)7-2-3-8-27-18-13-4-5-17(23)28-16(13)10-15-14(18)6-9-26-15/h4-6,9-11H,2-3,7-8H2,1H3,(H,21,24,25). The molecule has 0 fully saturated rings. The van der Waals surface area contributed by atoms with Crippen molar-refractivity contribution in [3.63, 3.8) is 0 Å². The molecule has 8 nitrogen and oxygen atoms in total. The molecule has 0 atom stereocenters. The van der Waals surface area contributed by atoms with E-state index in [2.05, 4.69) is 4.98 Å². The normalized spacial score (nSPS) is 11.3. The van der Waals surface area contributed by atoms with Crippen molar-refractivity contribution in [3.05, 3.63) is 73.5 Å². The molecule has 0 aliphatic rings. The lowest BCUT2D eigenvalue weighted by molar-refractivity contribution is 0.309. The first-order chi connectivity index (χ1) is 13.5. The molecule has 0 radical (unpaired) electrons. The van der Waals surface area contributed by atoms with Gasteiger partial charge in [-0.15, -0.1) is 0 Å². The van der Waals surface area contributed by atoms with Crippen molar-refractivity contribution in [2.24, 2.45) is 0 Å². The summed E-state index contributed by atoms with van der Waals surface area (Å²) in [5.41, 5.74) is 0.255. The summed E-state index contributed by atoms with van der Waals surface area (Å²) < 4.78 is 18.1. The number of hydrogen-bond donors (Lipinski definition) is 1. The highest BCUT2D eigenvalue weighted by Crippen LogP contribution is 2.35. The van der Waals surface area contributed by atoms with Gasteiger partial charge in [-0.3, -0.25) is 9.78 Å². The van der Waals surface area contributed by atoms with Crippen molar-refractivity contribution < 1.29 is 13.6 Å². The average Bonchev–Trinajstić information content (AvgIpc) is 3.12. The Labute approximate surface area is 158 Å². The largest absolute Gasteiger partial charge is 0.492 e. The minimum absolute atomic E-state index is 0.365. The van der Waals surface area contributed by atoms with Gasteiger partial charge in [0.05, 0.1) is 23.6 Å². The first-order valence-electron chi connectivity index (χ1n) is 8.90.